The second kappa shape index (κ2) is 14.9. The molecule has 0 fully saturated rings. The van der Waals surface area contributed by atoms with Gasteiger partial charge < -0.3 is 15.0 Å². The van der Waals surface area contributed by atoms with Crippen LogP contribution < -0.4 is 14.4 Å². The molecule has 0 radical (unpaired) electrons. The number of anilines is 1. The third-order valence-corrected chi connectivity index (χ3v) is 8.63. The maximum Gasteiger partial charge on any atom is 0.264 e. The number of amides is 2. The molecule has 0 aromatic heterocycles. The number of carbonyl (C=O) groups is 2. The zero-order valence-electron chi connectivity index (χ0n) is 23.0. The summed E-state index contributed by atoms with van der Waals surface area (Å²) in [5.74, 6) is -0.209. The predicted octanol–water partition coefficient (Wildman–Crippen LogP) is 5.38. The van der Waals surface area contributed by atoms with Crippen molar-refractivity contribution >= 4 is 43.5 Å². The number of halogens is 1. The fourth-order valence-electron chi connectivity index (χ4n) is 4.04. The lowest BCUT2D eigenvalue weighted by Crippen LogP contribution is -2.51. The van der Waals surface area contributed by atoms with E-state index in [-0.39, 0.29) is 17.3 Å². The number of benzene rings is 3. The highest BCUT2D eigenvalue weighted by molar-refractivity contribution is 9.10. The minimum absolute atomic E-state index is 0.0392. The van der Waals surface area contributed by atoms with Gasteiger partial charge in [-0.05, 0) is 74.4 Å². The van der Waals surface area contributed by atoms with Crippen LogP contribution in [0.25, 0.3) is 0 Å². The third-order valence-electron chi connectivity index (χ3n) is 6.31. The van der Waals surface area contributed by atoms with Gasteiger partial charge in [0.15, 0.2) is 0 Å². The summed E-state index contributed by atoms with van der Waals surface area (Å²) in [4.78, 5) is 28.4. The Morgan fingerprint density at radius 3 is 2.20 bits per heavy atom. The summed E-state index contributed by atoms with van der Waals surface area (Å²) in [5, 5.41) is 2.89. The first kappa shape index (κ1) is 31.2. The number of unbranched alkanes of at least 4 members (excludes halogenated alkanes) is 1. The quantitative estimate of drug-likeness (QED) is 0.242. The third kappa shape index (κ3) is 8.32. The van der Waals surface area contributed by atoms with Crippen LogP contribution in [-0.4, -0.2) is 50.9 Å². The molecule has 0 aliphatic heterocycles. The van der Waals surface area contributed by atoms with E-state index in [1.165, 1.54) is 17.0 Å². The minimum atomic E-state index is -4.14. The van der Waals surface area contributed by atoms with Crippen molar-refractivity contribution in [3.8, 4) is 5.75 Å². The van der Waals surface area contributed by atoms with Gasteiger partial charge in [0.25, 0.3) is 10.0 Å². The molecular formula is C30H36BrN3O5S. The smallest absolute Gasteiger partial charge is 0.264 e. The monoisotopic (exact) mass is 629 g/mol. The van der Waals surface area contributed by atoms with E-state index < -0.39 is 28.5 Å². The molecular weight excluding hydrogens is 594 g/mol. The molecule has 0 aliphatic rings. The number of nitrogens with zero attached hydrogens (tertiary/aromatic N) is 2. The normalized spacial score (nSPS) is 11.9. The van der Waals surface area contributed by atoms with E-state index in [9.17, 15) is 18.0 Å². The molecule has 3 aromatic rings. The van der Waals surface area contributed by atoms with Gasteiger partial charge in [-0.2, -0.15) is 0 Å². The molecule has 214 valence electrons. The van der Waals surface area contributed by atoms with Gasteiger partial charge in [0.05, 0.1) is 17.2 Å². The molecule has 1 atom stereocenters. The number of nitrogens with one attached hydrogen (secondary N) is 1. The highest BCUT2D eigenvalue weighted by atomic mass is 79.9. The molecule has 40 heavy (non-hydrogen) atoms. The van der Waals surface area contributed by atoms with Crippen molar-refractivity contribution in [3.05, 3.63) is 88.9 Å². The molecule has 10 heteroatoms. The van der Waals surface area contributed by atoms with Crippen molar-refractivity contribution in [2.45, 2.75) is 51.1 Å². The molecule has 3 rings (SSSR count). The molecule has 2 amide bonds. The van der Waals surface area contributed by atoms with E-state index in [0.29, 0.717) is 24.6 Å². The second-order valence-corrected chi connectivity index (χ2v) is 12.0. The van der Waals surface area contributed by atoms with Crippen LogP contribution in [-0.2, 0) is 26.2 Å². The Kier molecular flexibility index (Phi) is 11.6. The van der Waals surface area contributed by atoms with Crippen molar-refractivity contribution in [1.29, 1.82) is 0 Å². The summed E-state index contributed by atoms with van der Waals surface area (Å²) in [6.45, 7) is 6.17. The number of rotatable bonds is 14. The van der Waals surface area contributed by atoms with Crippen LogP contribution in [0.2, 0.25) is 0 Å². The number of carbonyl (C=O) groups excluding carboxylic acids is 2. The van der Waals surface area contributed by atoms with Crippen LogP contribution in [0.1, 0.15) is 39.2 Å². The van der Waals surface area contributed by atoms with Gasteiger partial charge in [-0.1, -0.05) is 59.6 Å². The van der Waals surface area contributed by atoms with Crippen molar-refractivity contribution in [2.24, 2.45) is 0 Å². The summed E-state index contributed by atoms with van der Waals surface area (Å²) >= 11 is 3.34. The summed E-state index contributed by atoms with van der Waals surface area (Å²) in [5.41, 5.74) is 1.13. The minimum Gasteiger partial charge on any atom is -0.494 e. The SMILES string of the molecule is CCCCNC(=O)C(C)N(Cc1ccccc1)C(=O)CN(c1ccc(OCC)cc1)S(=O)(=O)c1ccc(Br)cc1. The Morgan fingerprint density at radius 2 is 1.60 bits per heavy atom. The van der Waals surface area contributed by atoms with Crippen molar-refractivity contribution in [1.82, 2.24) is 10.2 Å². The number of ether oxygens (including phenoxy) is 1. The van der Waals surface area contributed by atoms with Crippen LogP contribution in [0.15, 0.2) is 88.2 Å². The van der Waals surface area contributed by atoms with Crippen molar-refractivity contribution < 1.29 is 22.7 Å². The van der Waals surface area contributed by atoms with Gasteiger partial charge >= 0.3 is 0 Å². The van der Waals surface area contributed by atoms with Gasteiger partial charge in [0.2, 0.25) is 11.8 Å². The highest BCUT2D eigenvalue weighted by Crippen LogP contribution is 2.27. The van der Waals surface area contributed by atoms with Gasteiger partial charge in [-0.15, -0.1) is 0 Å². The Balaban J connectivity index is 1.99. The van der Waals surface area contributed by atoms with Gasteiger partial charge in [0.1, 0.15) is 18.3 Å². The lowest BCUT2D eigenvalue weighted by molar-refractivity contribution is -0.139. The summed E-state index contributed by atoms with van der Waals surface area (Å²) < 4.78 is 35.1. The molecule has 0 aliphatic carbocycles. The molecule has 0 spiro atoms. The summed E-state index contributed by atoms with van der Waals surface area (Å²) in [6, 6.07) is 21.3. The van der Waals surface area contributed by atoms with E-state index >= 15 is 0 Å². The summed E-state index contributed by atoms with van der Waals surface area (Å²) in [7, 11) is -4.14. The van der Waals surface area contributed by atoms with E-state index in [4.69, 9.17) is 4.74 Å². The van der Waals surface area contributed by atoms with Crippen LogP contribution >= 0.6 is 15.9 Å². The van der Waals surface area contributed by atoms with Gasteiger partial charge in [-0.25, -0.2) is 8.42 Å². The lowest BCUT2D eigenvalue weighted by atomic mass is 10.1. The first-order valence-electron chi connectivity index (χ1n) is 13.3. The Labute approximate surface area is 245 Å². The number of sulfonamides is 1. The Hall–Kier alpha value is -3.37. The zero-order valence-corrected chi connectivity index (χ0v) is 25.4. The van der Waals surface area contributed by atoms with Crippen LogP contribution in [0.5, 0.6) is 5.75 Å². The maximum absolute atomic E-state index is 13.9. The van der Waals surface area contributed by atoms with E-state index in [1.807, 2.05) is 44.2 Å². The van der Waals surface area contributed by atoms with Crippen LogP contribution in [0.4, 0.5) is 5.69 Å². The Bertz CT molecular complexity index is 1350. The van der Waals surface area contributed by atoms with Gasteiger partial charge in [-0.3, -0.25) is 13.9 Å². The molecule has 1 unspecified atom stereocenters. The average molecular weight is 631 g/mol. The van der Waals surface area contributed by atoms with Crippen LogP contribution in [0.3, 0.4) is 0 Å². The van der Waals surface area contributed by atoms with Crippen LogP contribution in [0, 0.1) is 0 Å². The lowest BCUT2D eigenvalue weighted by Gasteiger charge is -2.32. The number of hydrogen-bond acceptors (Lipinski definition) is 5. The molecule has 8 nitrogen and oxygen atoms in total. The summed E-state index contributed by atoms with van der Waals surface area (Å²) in [6.07, 6.45) is 1.74. The number of hydrogen-bond donors (Lipinski definition) is 1. The average Bonchev–Trinajstić information content (AvgIpc) is 2.95. The Morgan fingerprint density at radius 1 is 0.950 bits per heavy atom. The molecule has 0 heterocycles. The largest absolute Gasteiger partial charge is 0.494 e. The first-order valence-corrected chi connectivity index (χ1v) is 15.5. The predicted molar refractivity (Wildman–Crippen MR) is 161 cm³/mol. The molecule has 0 saturated carbocycles. The van der Waals surface area contributed by atoms with Crippen molar-refractivity contribution in [2.75, 3.05) is 24.0 Å². The molecule has 0 saturated heterocycles. The topological polar surface area (TPSA) is 96.0 Å². The van der Waals surface area contributed by atoms with E-state index in [0.717, 1.165) is 27.2 Å². The molecule has 0 bridgehead atoms. The zero-order chi connectivity index (χ0) is 29.1. The van der Waals surface area contributed by atoms with Gasteiger partial charge in [0, 0.05) is 17.6 Å². The second-order valence-electron chi connectivity index (χ2n) is 9.22. The first-order chi connectivity index (χ1) is 19.2. The molecule has 1 N–H and O–H groups in total. The van der Waals surface area contributed by atoms with E-state index in [1.54, 1.807) is 43.3 Å². The fraction of sp³-hybridized carbons (Fsp3) is 0.333. The molecule has 3 aromatic carbocycles. The van der Waals surface area contributed by atoms with Crippen molar-refractivity contribution in [3.63, 3.8) is 0 Å². The maximum atomic E-state index is 13.9. The standard InChI is InChI=1S/C30H36BrN3O5S/c1-4-6-20-32-30(36)23(3)33(21-24-10-8-7-9-11-24)29(35)22-34(26-14-16-27(17-15-26)39-5-2)40(37,38)28-18-12-25(31)13-19-28/h7-19,23H,4-6,20-22H2,1-3H3,(H,32,36). The van der Waals surface area contributed by atoms with E-state index in [2.05, 4.69) is 21.2 Å². The highest BCUT2D eigenvalue weighted by Gasteiger charge is 2.32. The fourth-order valence-corrected chi connectivity index (χ4v) is 5.72.